The summed E-state index contributed by atoms with van der Waals surface area (Å²) < 4.78 is 26.8. The van der Waals surface area contributed by atoms with Gasteiger partial charge in [-0.25, -0.2) is 13.1 Å². The van der Waals surface area contributed by atoms with E-state index >= 15 is 0 Å². The molecule has 1 N–H and O–H groups in total. The van der Waals surface area contributed by atoms with E-state index in [9.17, 15) is 8.42 Å². The number of sulfonamides is 1. The quantitative estimate of drug-likeness (QED) is 0.813. The van der Waals surface area contributed by atoms with Gasteiger partial charge in [0.2, 0.25) is 10.0 Å². The van der Waals surface area contributed by atoms with Gasteiger partial charge in [-0.15, -0.1) is 0 Å². The summed E-state index contributed by atoms with van der Waals surface area (Å²) in [5.74, 6) is 0.325. The lowest BCUT2D eigenvalue weighted by Gasteiger charge is -2.12. The third-order valence-corrected chi connectivity index (χ3v) is 4.89. The number of hydrogen-bond donors (Lipinski definition) is 1. The number of nitrogens with one attached hydrogen (secondary N) is 1. The van der Waals surface area contributed by atoms with E-state index in [4.69, 9.17) is 0 Å². The van der Waals surface area contributed by atoms with Gasteiger partial charge in [0.05, 0.1) is 4.90 Å². The Morgan fingerprint density at radius 1 is 1.28 bits per heavy atom. The molecule has 0 fully saturated rings. The Bertz CT molecular complexity index is 500. The third kappa shape index (κ3) is 4.37. The molecule has 1 aromatic carbocycles. The van der Waals surface area contributed by atoms with E-state index in [0.717, 1.165) is 22.9 Å². The monoisotopic (exact) mass is 333 g/mol. The highest BCUT2D eigenvalue weighted by Crippen LogP contribution is 2.15. The van der Waals surface area contributed by atoms with Crippen molar-refractivity contribution in [3.63, 3.8) is 0 Å². The van der Waals surface area contributed by atoms with Gasteiger partial charge in [-0.3, -0.25) is 0 Å². The molecule has 0 aliphatic heterocycles. The second-order valence-electron chi connectivity index (χ2n) is 4.68. The van der Waals surface area contributed by atoms with Crippen molar-refractivity contribution in [2.24, 2.45) is 5.92 Å². The Kier molecular flexibility index (Phi) is 5.82. The molecule has 1 atom stereocenters. The lowest BCUT2D eigenvalue weighted by molar-refractivity contribution is 0.532. The zero-order valence-corrected chi connectivity index (χ0v) is 13.4. The van der Waals surface area contributed by atoms with Crippen LogP contribution in [0, 0.1) is 19.8 Å². The van der Waals surface area contributed by atoms with Crippen molar-refractivity contribution in [3.8, 4) is 0 Å². The molecule has 1 rings (SSSR count). The molecule has 0 radical (unpaired) electrons. The van der Waals surface area contributed by atoms with Gasteiger partial charge < -0.3 is 0 Å². The summed E-state index contributed by atoms with van der Waals surface area (Å²) in [4.78, 5) is 0.344. The van der Waals surface area contributed by atoms with Crippen LogP contribution in [0.4, 0.5) is 0 Å². The fourth-order valence-electron chi connectivity index (χ4n) is 1.50. The number of alkyl halides is 1. The number of rotatable bonds is 6. The zero-order chi connectivity index (χ0) is 13.8. The van der Waals surface area contributed by atoms with Gasteiger partial charge in [-0.2, -0.15) is 0 Å². The Hall–Kier alpha value is -0.390. The summed E-state index contributed by atoms with van der Waals surface area (Å²) >= 11 is 3.36. The molecule has 18 heavy (non-hydrogen) atoms. The van der Waals surface area contributed by atoms with Crippen LogP contribution in [-0.2, 0) is 10.0 Å². The second kappa shape index (κ2) is 6.68. The first kappa shape index (κ1) is 15.7. The standard InChI is InChI=1S/C13H20BrNO2S/c1-10(6-7-14)9-15-18(16,17)13-5-4-11(2)12(3)8-13/h4-5,8,10,15H,6-7,9H2,1-3H3. The molecule has 0 saturated heterocycles. The van der Waals surface area contributed by atoms with Crippen molar-refractivity contribution in [1.82, 2.24) is 4.72 Å². The number of hydrogen-bond acceptors (Lipinski definition) is 2. The normalized spacial score (nSPS) is 13.6. The van der Waals surface area contributed by atoms with E-state index < -0.39 is 10.0 Å². The summed E-state index contributed by atoms with van der Waals surface area (Å²) in [5, 5.41) is 0.888. The van der Waals surface area contributed by atoms with Gasteiger partial charge in [0, 0.05) is 11.9 Å². The fraction of sp³-hybridized carbons (Fsp3) is 0.538. The molecule has 1 aromatic rings. The molecule has 0 heterocycles. The van der Waals surface area contributed by atoms with E-state index in [2.05, 4.69) is 20.7 Å². The average Bonchev–Trinajstić information content (AvgIpc) is 2.30. The molecule has 3 nitrogen and oxygen atoms in total. The molecular weight excluding hydrogens is 314 g/mol. The van der Waals surface area contributed by atoms with Crippen LogP contribution in [0.5, 0.6) is 0 Å². The first-order valence-corrected chi connectivity index (χ1v) is 8.60. The highest BCUT2D eigenvalue weighted by molar-refractivity contribution is 9.09. The fourth-order valence-corrected chi connectivity index (χ4v) is 3.54. The smallest absolute Gasteiger partial charge is 0.211 e. The van der Waals surface area contributed by atoms with Crippen molar-refractivity contribution < 1.29 is 8.42 Å². The predicted molar refractivity (Wildman–Crippen MR) is 78.7 cm³/mol. The molecule has 0 aromatic heterocycles. The van der Waals surface area contributed by atoms with Crippen molar-refractivity contribution in [2.45, 2.75) is 32.1 Å². The van der Waals surface area contributed by atoms with Crippen LogP contribution >= 0.6 is 15.9 Å². The molecule has 1 unspecified atom stereocenters. The van der Waals surface area contributed by atoms with E-state index in [1.165, 1.54) is 0 Å². The summed E-state index contributed by atoms with van der Waals surface area (Å²) in [6, 6.07) is 5.21. The van der Waals surface area contributed by atoms with Crippen LogP contribution in [0.15, 0.2) is 23.1 Å². The van der Waals surface area contributed by atoms with Gasteiger partial charge in [0.15, 0.2) is 0 Å². The van der Waals surface area contributed by atoms with Crippen LogP contribution in [0.1, 0.15) is 24.5 Å². The molecule has 0 bridgehead atoms. The number of aryl methyl sites for hydroxylation is 2. The minimum absolute atomic E-state index is 0.325. The van der Waals surface area contributed by atoms with E-state index in [1.54, 1.807) is 12.1 Å². The van der Waals surface area contributed by atoms with Crippen LogP contribution in [-0.4, -0.2) is 20.3 Å². The maximum Gasteiger partial charge on any atom is 0.240 e. The summed E-state index contributed by atoms with van der Waals surface area (Å²) in [5.41, 5.74) is 2.09. The first-order valence-electron chi connectivity index (χ1n) is 5.99. The molecule has 0 saturated carbocycles. The molecular formula is C13H20BrNO2S. The molecule has 0 amide bonds. The Morgan fingerprint density at radius 3 is 2.50 bits per heavy atom. The van der Waals surface area contributed by atoms with E-state index in [-0.39, 0.29) is 0 Å². The lowest BCUT2D eigenvalue weighted by Crippen LogP contribution is -2.28. The van der Waals surface area contributed by atoms with Gasteiger partial charge in [0.25, 0.3) is 0 Å². The van der Waals surface area contributed by atoms with Gasteiger partial charge >= 0.3 is 0 Å². The Morgan fingerprint density at radius 2 is 1.94 bits per heavy atom. The Balaban J connectivity index is 2.77. The van der Waals surface area contributed by atoms with Crippen LogP contribution in [0.2, 0.25) is 0 Å². The van der Waals surface area contributed by atoms with E-state index in [1.807, 2.05) is 26.8 Å². The predicted octanol–water partition coefficient (Wildman–Crippen LogP) is 3.00. The SMILES string of the molecule is Cc1ccc(S(=O)(=O)NCC(C)CCBr)cc1C. The molecule has 5 heteroatoms. The van der Waals surface area contributed by atoms with E-state index in [0.29, 0.717) is 17.4 Å². The third-order valence-electron chi connectivity index (χ3n) is 3.01. The van der Waals surface area contributed by atoms with Gasteiger partial charge in [-0.05, 0) is 49.4 Å². The van der Waals surface area contributed by atoms with Crippen molar-refractivity contribution in [3.05, 3.63) is 29.3 Å². The maximum absolute atomic E-state index is 12.1. The van der Waals surface area contributed by atoms with Crippen LogP contribution in [0.25, 0.3) is 0 Å². The summed E-state index contributed by atoms with van der Waals surface area (Å²) in [7, 11) is -3.38. The molecule has 0 aliphatic carbocycles. The van der Waals surface area contributed by atoms with Crippen LogP contribution in [0.3, 0.4) is 0 Å². The van der Waals surface area contributed by atoms with Crippen molar-refractivity contribution in [1.29, 1.82) is 0 Å². The first-order chi connectivity index (χ1) is 8.36. The highest BCUT2D eigenvalue weighted by atomic mass is 79.9. The highest BCUT2D eigenvalue weighted by Gasteiger charge is 2.15. The molecule has 102 valence electrons. The average molecular weight is 334 g/mol. The second-order valence-corrected chi connectivity index (χ2v) is 7.24. The minimum Gasteiger partial charge on any atom is -0.211 e. The summed E-state index contributed by atoms with van der Waals surface area (Å²) in [6.07, 6.45) is 0.954. The van der Waals surface area contributed by atoms with Gasteiger partial charge in [-0.1, -0.05) is 28.9 Å². The topological polar surface area (TPSA) is 46.2 Å². The number of halogens is 1. The zero-order valence-electron chi connectivity index (χ0n) is 11.0. The maximum atomic E-state index is 12.1. The lowest BCUT2D eigenvalue weighted by atomic mass is 10.1. The minimum atomic E-state index is -3.38. The van der Waals surface area contributed by atoms with Crippen LogP contribution < -0.4 is 4.72 Å². The largest absolute Gasteiger partial charge is 0.240 e. The summed E-state index contributed by atoms with van der Waals surface area (Å²) in [6.45, 7) is 6.39. The van der Waals surface area contributed by atoms with Gasteiger partial charge in [0.1, 0.15) is 0 Å². The molecule has 0 aliphatic rings. The number of benzene rings is 1. The Labute approximate surface area is 118 Å². The molecule has 0 spiro atoms. The van der Waals surface area contributed by atoms with Crippen molar-refractivity contribution >= 4 is 26.0 Å². The van der Waals surface area contributed by atoms with Crippen molar-refractivity contribution in [2.75, 3.05) is 11.9 Å².